The average Bonchev–Trinajstić information content (AvgIpc) is 2.58. The van der Waals surface area contributed by atoms with Crippen LogP contribution < -0.4 is 0 Å². The van der Waals surface area contributed by atoms with Crippen molar-refractivity contribution in [2.75, 3.05) is 6.54 Å². The number of carbonyl (C=O) groups excluding carboxylic acids is 1. The third-order valence-corrected chi connectivity index (χ3v) is 4.03. The predicted molar refractivity (Wildman–Crippen MR) is 79.1 cm³/mol. The van der Waals surface area contributed by atoms with Crippen LogP contribution in [0.15, 0.2) is 24.3 Å². The van der Waals surface area contributed by atoms with Crippen molar-refractivity contribution in [2.45, 2.75) is 58.5 Å². The van der Waals surface area contributed by atoms with Gasteiger partial charge in [-0.25, -0.2) is 0 Å². The molecule has 19 heavy (non-hydrogen) atoms. The molecular weight excluding hydrogens is 234 g/mol. The van der Waals surface area contributed by atoms with Gasteiger partial charge in [-0.1, -0.05) is 42.7 Å². The van der Waals surface area contributed by atoms with E-state index in [0.717, 1.165) is 13.1 Å². The quantitative estimate of drug-likeness (QED) is 0.821. The number of benzene rings is 1. The lowest BCUT2D eigenvalue weighted by atomic mass is 10.0. The van der Waals surface area contributed by atoms with Crippen LogP contribution in [0.4, 0.5) is 0 Å². The molecule has 1 atom stereocenters. The highest BCUT2D eigenvalue weighted by molar-refractivity contribution is 5.76. The summed E-state index contributed by atoms with van der Waals surface area (Å²) in [4.78, 5) is 14.0. The van der Waals surface area contributed by atoms with Crippen LogP contribution in [-0.2, 0) is 11.3 Å². The van der Waals surface area contributed by atoms with Crippen molar-refractivity contribution < 1.29 is 4.79 Å². The van der Waals surface area contributed by atoms with Gasteiger partial charge in [0.05, 0.1) is 0 Å². The number of likely N-dealkylation sites (tertiary alicyclic amines) is 1. The number of carbonyl (C=O) groups is 1. The highest BCUT2D eigenvalue weighted by Gasteiger charge is 2.22. The first-order valence-electron chi connectivity index (χ1n) is 7.44. The van der Waals surface area contributed by atoms with Crippen molar-refractivity contribution in [2.24, 2.45) is 0 Å². The standard InChI is InChI=1S/C17H25NO/c1-14-7-9-16(10-8-14)13-18-11-5-3-4-6-17(18)12-15(2)19/h7-10,17H,3-6,11-13H2,1-2H3. The Morgan fingerprint density at radius 3 is 2.63 bits per heavy atom. The summed E-state index contributed by atoms with van der Waals surface area (Å²) in [5.41, 5.74) is 2.67. The molecule has 0 N–H and O–H groups in total. The number of rotatable bonds is 4. The Balaban J connectivity index is 2.04. The molecule has 1 fully saturated rings. The summed E-state index contributed by atoms with van der Waals surface area (Å²) in [6, 6.07) is 9.22. The second-order valence-electron chi connectivity index (χ2n) is 5.87. The third-order valence-electron chi connectivity index (χ3n) is 4.03. The molecule has 1 aliphatic heterocycles. The molecule has 1 aromatic carbocycles. The van der Waals surface area contributed by atoms with Crippen LogP contribution in [0, 0.1) is 6.92 Å². The number of hydrogen-bond donors (Lipinski definition) is 0. The van der Waals surface area contributed by atoms with E-state index in [0.29, 0.717) is 18.2 Å². The maximum atomic E-state index is 11.4. The van der Waals surface area contributed by atoms with Crippen LogP contribution in [0.25, 0.3) is 0 Å². The molecule has 2 heteroatoms. The zero-order valence-electron chi connectivity index (χ0n) is 12.2. The summed E-state index contributed by atoms with van der Waals surface area (Å²) in [6.45, 7) is 5.95. The van der Waals surface area contributed by atoms with Gasteiger partial charge in [0.2, 0.25) is 0 Å². The predicted octanol–water partition coefficient (Wildman–Crippen LogP) is 3.72. The van der Waals surface area contributed by atoms with E-state index in [9.17, 15) is 4.79 Å². The smallest absolute Gasteiger partial charge is 0.131 e. The normalized spacial score (nSPS) is 21.1. The molecule has 1 heterocycles. The van der Waals surface area contributed by atoms with Crippen LogP contribution in [0.1, 0.15) is 50.2 Å². The molecule has 1 unspecified atom stereocenters. The molecule has 0 amide bonds. The lowest BCUT2D eigenvalue weighted by Gasteiger charge is -2.29. The van der Waals surface area contributed by atoms with Crippen molar-refractivity contribution in [3.63, 3.8) is 0 Å². The first kappa shape index (κ1) is 14.3. The summed E-state index contributed by atoms with van der Waals surface area (Å²) in [5, 5.41) is 0. The minimum absolute atomic E-state index is 0.320. The van der Waals surface area contributed by atoms with Gasteiger partial charge in [0, 0.05) is 19.0 Å². The van der Waals surface area contributed by atoms with E-state index < -0.39 is 0 Å². The second kappa shape index (κ2) is 6.85. The van der Waals surface area contributed by atoms with Gasteiger partial charge in [-0.15, -0.1) is 0 Å². The zero-order valence-corrected chi connectivity index (χ0v) is 12.2. The summed E-state index contributed by atoms with van der Waals surface area (Å²) >= 11 is 0. The first-order valence-corrected chi connectivity index (χ1v) is 7.44. The molecule has 0 saturated carbocycles. The molecule has 0 bridgehead atoms. The molecule has 1 saturated heterocycles. The first-order chi connectivity index (χ1) is 9.15. The van der Waals surface area contributed by atoms with Crippen molar-refractivity contribution in [1.29, 1.82) is 0 Å². The van der Waals surface area contributed by atoms with Gasteiger partial charge in [-0.3, -0.25) is 9.69 Å². The van der Waals surface area contributed by atoms with E-state index >= 15 is 0 Å². The molecule has 0 spiro atoms. The highest BCUT2D eigenvalue weighted by Crippen LogP contribution is 2.21. The largest absolute Gasteiger partial charge is 0.300 e. The number of aryl methyl sites for hydroxylation is 1. The molecule has 2 nitrogen and oxygen atoms in total. The minimum atomic E-state index is 0.320. The summed E-state index contributed by atoms with van der Waals surface area (Å²) in [6.07, 6.45) is 5.72. The Labute approximate surface area is 116 Å². The Bertz CT molecular complexity index is 410. The Morgan fingerprint density at radius 2 is 1.95 bits per heavy atom. The van der Waals surface area contributed by atoms with Crippen molar-refractivity contribution in [1.82, 2.24) is 4.90 Å². The van der Waals surface area contributed by atoms with E-state index in [1.807, 2.05) is 0 Å². The summed E-state index contributed by atoms with van der Waals surface area (Å²) < 4.78 is 0. The Hall–Kier alpha value is -1.15. The topological polar surface area (TPSA) is 20.3 Å². The van der Waals surface area contributed by atoms with E-state index in [2.05, 4.69) is 36.1 Å². The molecular formula is C17H25NO. The van der Waals surface area contributed by atoms with Crippen molar-refractivity contribution in [3.8, 4) is 0 Å². The van der Waals surface area contributed by atoms with Gasteiger partial charge >= 0.3 is 0 Å². The second-order valence-corrected chi connectivity index (χ2v) is 5.87. The van der Waals surface area contributed by atoms with Gasteiger partial charge in [-0.2, -0.15) is 0 Å². The maximum Gasteiger partial charge on any atom is 0.131 e. The highest BCUT2D eigenvalue weighted by atomic mass is 16.1. The summed E-state index contributed by atoms with van der Waals surface area (Å²) in [5.74, 6) is 0.320. The molecule has 0 aromatic heterocycles. The minimum Gasteiger partial charge on any atom is -0.300 e. The molecule has 2 rings (SSSR count). The van der Waals surface area contributed by atoms with E-state index in [1.54, 1.807) is 6.92 Å². The fourth-order valence-corrected chi connectivity index (χ4v) is 2.94. The van der Waals surface area contributed by atoms with Crippen LogP contribution in [-0.4, -0.2) is 23.3 Å². The maximum absolute atomic E-state index is 11.4. The lowest BCUT2D eigenvalue weighted by molar-refractivity contribution is -0.118. The van der Waals surface area contributed by atoms with Gasteiger partial charge in [0.1, 0.15) is 5.78 Å². The van der Waals surface area contributed by atoms with Crippen LogP contribution in [0.5, 0.6) is 0 Å². The van der Waals surface area contributed by atoms with Crippen LogP contribution in [0.2, 0.25) is 0 Å². The fourth-order valence-electron chi connectivity index (χ4n) is 2.94. The SMILES string of the molecule is CC(=O)CC1CCCCCN1Cc1ccc(C)cc1. The van der Waals surface area contributed by atoms with Crippen LogP contribution >= 0.6 is 0 Å². The third kappa shape index (κ3) is 4.46. The monoisotopic (exact) mass is 259 g/mol. The molecule has 0 radical (unpaired) electrons. The number of Topliss-reactive ketones (excluding diaryl/α,β-unsaturated/α-hetero) is 1. The molecule has 104 valence electrons. The molecule has 1 aliphatic rings. The van der Waals surface area contributed by atoms with E-state index in [1.165, 1.54) is 36.8 Å². The van der Waals surface area contributed by atoms with Gasteiger partial charge in [-0.05, 0) is 38.8 Å². The van der Waals surface area contributed by atoms with E-state index in [-0.39, 0.29) is 0 Å². The lowest BCUT2D eigenvalue weighted by Crippen LogP contribution is -2.35. The molecule has 0 aliphatic carbocycles. The fraction of sp³-hybridized carbons (Fsp3) is 0.588. The van der Waals surface area contributed by atoms with Gasteiger partial charge in [0.25, 0.3) is 0 Å². The number of nitrogens with zero attached hydrogens (tertiary/aromatic N) is 1. The van der Waals surface area contributed by atoms with Gasteiger partial charge < -0.3 is 0 Å². The van der Waals surface area contributed by atoms with E-state index in [4.69, 9.17) is 0 Å². The average molecular weight is 259 g/mol. The van der Waals surface area contributed by atoms with Gasteiger partial charge in [0.15, 0.2) is 0 Å². The number of ketones is 1. The molecule has 1 aromatic rings. The Kier molecular flexibility index (Phi) is 5.15. The Morgan fingerprint density at radius 1 is 1.21 bits per heavy atom. The van der Waals surface area contributed by atoms with Crippen molar-refractivity contribution >= 4 is 5.78 Å². The van der Waals surface area contributed by atoms with Crippen LogP contribution in [0.3, 0.4) is 0 Å². The summed E-state index contributed by atoms with van der Waals surface area (Å²) in [7, 11) is 0. The number of hydrogen-bond acceptors (Lipinski definition) is 2. The van der Waals surface area contributed by atoms with Crippen molar-refractivity contribution in [3.05, 3.63) is 35.4 Å². The zero-order chi connectivity index (χ0) is 13.7.